The number of benzene rings is 1. The molecule has 0 saturated carbocycles. The van der Waals surface area contributed by atoms with Crippen LogP contribution in [0.15, 0.2) is 46.1 Å². The number of anilines is 1. The van der Waals surface area contributed by atoms with Crippen LogP contribution >= 0.6 is 34.4 Å². The van der Waals surface area contributed by atoms with Gasteiger partial charge < -0.3 is 15.4 Å². The molecule has 0 radical (unpaired) electrons. The standard InChI is InChI=1S/C19H20N4O2S3/c24-17(21-15-8-10-25-16-6-2-1-5-14(15)16)12-27-19-23-22-18(28-19)20-9-7-13-4-3-11-26-13/h1-6,11,15H,7-10,12H2,(H,20,22)(H,21,24)/t15-/m1/s1. The number of para-hydroxylation sites is 1. The molecule has 1 aliphatic rings. The molecule has 2 aromatic heterocycles. The number of hydrogen-bond acceptors (Lipinski definition) is 8. The van der Waals surface area contributed by atoms with Crippen molar-refractivity contribution in [3.8, 4) is 5.75 Å². The number of nitrogens with one attached hydrogen (secondary N) is 2. The number of carbonyl (C=O) groups is 1. The minimum Gasteiger partial charge on any atom is -0.493 e. The van der Waals surface area contributed by atoms with Crippen molar-refractivity contribution in [2.45, 2.75) is 23.2 Å². The number of hydrogen-bond donors (Lipinski definition) is 2. The molecule has 3 aromatic rings. The van der Waals surface area contributed by atoms with Crippen molar-refractivity contribution in [2.75, 3.05) is 24.2 Å². The lowest BCUT2D eigenvalue weighted by atomic mass is 10.0. The maximum Gasteiger partial charge on any atom is 0.230 e. The lowest BCUT2D eigenvalue weighted by Crippen LogP contribution is -2.33. The third-order valence-corrected chi connectivity index (χ3v) is 7.21. The predicted molar refractivity (Wildman–Crippen MR) is 115 cm³/mol. The first kappa shape index (κ1) is 19.2. The molecule has 1 atom stereocenters. The normalized spacial score (nSPS) is 15.5. The quantitative estimate of drug-likeness (QED) is 0.524. The lowest BCUT2D eigenvalue weighted by Gasteiger charge is -2.26. The molecule has 0 saturated heterocycles. The van der Waals surface area contributed by atoms with Gasteiger partial charge in [-0.2, -0.15) is 0 Å². The van der Waals surface area contributed by atoms with Crippen LogP contribution in [0, 0.1) is 0 Å². The zero-order chi connectivity index (χ0) is 19.2. The van der Waals surface area contributed by atoms with E-state index in [1.165, 1.54) is 28.0 Å². The van der Waals surface area contributed by atoms with E-state index in [2.05, 4.69) is 38.3 Å². The van der Waals surface area contributed by atoms with E-state index in [-0.39, 0.29) is 11.9 Å². The predicted octanol–water partition coefficient (Wildman–Crippen LogP) is 3.99. The highest BCUT2D eigenvalue weighted by molar-refractivity contribution is 8.01. The van der Waals surface area contributed by atoms with Crippen LogP contribution in [0.1, 0.15) is 22.9 Å². The van der Waals surface area contributed by atoms with Crippen molar-refractivity contribution < 1.29 is 9.53 Å². The Morgan fingerprint density at radius 3 is 3.07 bits per heavy atom. The van der Waals surface area contributed by atoms with E-state index >= 15 is 0 Å². The van der Waals surface area contributed by atoms with Crippen LogP contribution in [0.3, 0.4) is 0 Å². The molecule has 3 heterocycles. The van der Waals surface area contributed by atoms with Gasteiger partial charge in [0.15, 0.2) is 4.34 Å². The van der Waals surface area contributed by atoms with Gasteiger partial charge in [0.2, 0.25) is 11.0 Å². The Bertz CT molecular complexity index is 914. The highest BCUT2D eigenvalue weighted by atomic mass is 32.2. The summed E-state index contributed by atoms with van der Waals surface area (Å²) in [6.45, 7) is 1.44. The largest absolute Gasteiger partial charge is 0.493 e. The summed E-state index contributed by atoms with van der Waals surface area (Å²) >= 11 is 4.65. The Kier molecular flexibility index (Phi) is 6.45. The molecule has 146 valence electrons. The van der Waals surface area contributed by atoms with E-state index in [9.17, 15) is 4.79 Å². The Morgan fingerprint density at radius 1 is 1.25 bits per heavy atom. The first-order chi connectivity index (χ1) is 13.8. The molecule has 2 N–H and O–H groups in total. The minimum absolute atomic E-state index is 0.00180. The van der Waals surface area contributed by atoms with Crippen molar-refractivity contribution in [2.24, 2.45) is 0 Å². The average Bonchev–Trinajstić information content (AvgIpc) is 3.39. The van der Waals surface area contributed by atoms with E-state index in [1.54, 1.807) is 11.3 Å². The van der Waals surface area contributed by atoms with Crippen LogP contribution in [0.4, 0.5) is 5.13 Å². The van der Waals surface area contributed by atoms with Crippen LogP contribution in [0.2, 0.25) is 0 Å². The first-order valence-corrected chi connectivity index (χ1v) is 11.7. The van der Waals surface area contributed by atoms with Crippen LogP contribution in [0.25, 0.3) is 0 Å². The molecule has 9 heteroatoms. The fourth-order valence-electron chi connectivity index (χ4n) is 2.94. The summed E-state index contributed by atoms with van der Waals surface area (Å²) in [5.74, 6) is 1.17. The summed E-state index contributed by atoms with van der Waals surface area (Å²) in [6.07, 6.45) is 1.75. The number of carbonyl (C=O) groups excluding carboxylic acids is 1. The second-order valence-electron chi connectivity index (χ2n) is 6.21. The number of ether oxygens (including phenoxy) is 1. The van der Waals surface area contributed by atoms with Crippen molar-refractivity contribution in [1.29, 1.82) is 0 Å². The Labute approximate surface area is 175 Å². The SMILES string of the molecule is O=C(CSc1nnc(NCCc2cccs2)s1)N[C@@H]1CCOc2ccccc21. The van der Waals surface area contributed by atoms with Crippen LogP contribution < -0.4 is 15.4 Å². The number of thiophene rings is 1. The van der Waals surface area contributed by atoms with Gasteiger partial charge in [0.25, 0.3) is 0 Å². The zero-order valence-corrected chi connectivity index (χ0v) is 17.5. The van der Waals surface area contributed by atoms with E-state index in [0.717, 1.165) is 40.2 Å². The molecule has 1 aromatic carbocycles. The fourth-order valence-corrected chi connectivity index (χ4v) is 5.24. The Morgan fingerprint density at radius 2 is 2.18 bits per heavy atom. The monoisotopic (exact) mass is 432 g/mol. The second-order valence-corrected chi connectivity index (χ2v) is 9.45. The minimum atomic E-state index is -0.00546. The highest BCUT2D eigenvalue weighted by Crippen LogP contribution is 2.32. The van der Waals surface area contributed by atoms with Gasteiger partial charge >= 0.3 is 0 Å². The molecule has 0 bridgehead atoms. The molecule has 1 amide bonds. The lowest BCUT2D eigenvalue weighted by molar-refractivity contribution is -0.119. The van der Waals surface area contributed by atoms with Crippen molar-refractivity contribution in [3.05, 3.63) is 52.2 Å². The van der Waals surface area contributed by atoms with Gasteiger partial charge in [-0.15, -0.1) is 21.5 Å². The number of amides is 1. The van der Waals surface area contributed by atoms with Crippen molar-refractivity contribution >= 4 is 45.5 Å². The fraction of sp³-hybridized carbons (Fsp3) is 0.316. The zero-order valence-electron chi connectivity index (χ0n) is 15.1. The summed E-state index contributed by atoms with van der Waals surface area (Å²) in [5.41, 5.74) is 1.04. The molecular formula is C19H20N4O2S3. The summed E-state index contributed by atoms with van der Waals surface area (Å²) in [6, 6.07) is 12.0. The van der Waals surface area contributed by atoms with Gasteiger partial charge in [0.1, 0.15) is 5.75 Å². The molecule has 0 aliphatic carbocycles. The summed E-state index contributed by atoms with van der Waals surface area (Å²) in [5, 5.41) is 17.6. The summed E-state index contributed by atoms with van der Waals surface area (Å²) < 4.78 is 6.44. The van der Waals surface area contributed by atoms with Gasteiger partial charge in [-0.05, 0) is 23.9 Å². The van der Waals surface area contributed by atoms with E-state index in [4.69, 9.17) is 4.74 Å². The summed E-state index contributed by atoms with van der Waals surface area (Å²) in [4.78, 5) is 13.7. The number of nitrogens with zero attached hydrogens (tertiary/aromatic N) is 2. The third-order valence-electron chi connectivity index (χ3n) is 4.25. The molecule has 0 fully saturated rings. The van der Waals surface area contributed by atoms with E-state index in [1.807, 2.05) is 24.3 Å². The summed E-state index contributed by atoms with van der Waals surface area (Å²) in [7, 11) is 0. The Hall–Kier alpha value is -2.10. The van der Waals surface area contributed by atoms with Gasteiger partial charge in [-0.3, -0.25) is 4.79 Å². The third kappa shape index (κ3) is 5.03. The van der Waals surface area contributed by atoms with Crippen molar-refractivity contribution in [1.82, 2.24) is 15.5 Å². The van der Waals surface area contributed by atoms with Crippen LogP contribution in [-0.4, -0.2) is 35.0 Å². The van der Waals surface area contributed by atoms with Gasteiger partial charge in [-0.25, -0.2) is 0 Å². The molecule has 6 nitrogen and oxygen atoms in total. The van der Waals surface area contributed by atoms with E-state index in [0.29, 0.717) is 12.4 Å². The van der Waals surface area contributed by atoms with Gasteiger partial charge in [0, 0.05) is 23.4 Å². The Balaban J connectivity index is 1.23. The van der Waals surface area contributed by atoms with Gasteiger partial charge in [0.05, 0.1) is 18.4 Å². The molecular weight excluding hydrogens is 412 g/mol. The topological polar surface area (TPSA) is 76.1 Å². The first-order valence-electron chi connectivity index (χ1n) is 9.01. The average molecular weight is 433 g/mol. The number of thioether (sulfide) groups is 1. The number of fused-ring (bicyclic) bond motifs is 1. The van der Waals surface area contributed by atoms with E-state index < -0.39 is 0 Å². The maximum absolute atomic E-state index is 12.4. The van der Waals surface area contributed by atoms with Crippen molar-refractivity contribution in [3.63, 3.8) is 0 Å². The number of aromatic nitrogens is 2. The molecule has 28 heavy (non-hydrogen) atoms. The smallest absolute Gasteiger partial charge is 0.230 e. The maximum atomic E-state index is 12.4. The molecule has 4 rings (SSSR count). The highest BCUT2D eigenvalue weighted by Gasteiger charge is 2.22. The molecule has 0 spiro atoms. The molecule has 0 unspecified atom stereocenters. The van der Waals surface area contributed by atoms with Gasteiger partial charge in [-0.1, -0.05) is 47.4 Å². The van der Waals surface area contributed by atoms with Crippen LogP contribution in [-0.2, 0) is 11.2 Å². The molecule has 1 aliphatic heterocycles. The second kappa shape index (κ2) is 9.40. The number of rotatable bonds is 8. The van der Waals surface area contributed by atoms with Crippen LogP contribution in [0.5, 0.6) is 5.75 Å².